The van der Waals surface area contributed by atoms with Crippen molar-refractivity contribution in [3.05, 3.63) is 12.7 Å². The van der Waals surface area contributed by atoms with Crippen LogP contribution in [0.3, 0.4) is 0 Å². The van der Waals surface area contributed by atoms with Crippen molar-refractivity contribution >= 4 is 5.91 Å². The highest BCUT2D eigenvalue weighted by Gasteiger charge is 2.28. The molecular weight excluding hydrogens is 152 g/mol. The van der Waals surface area contributed by atoms with Gasteiger partial charge in [0.25, 0.3) is 0 Å². The standard InChI is InChI=1S/C9H16N2O/c1-3-6-11-7-4-5-8(11)9(12)10-2/h3,8H,1,4-7H2,2H3,(H,10,12). The van der Waals surface area contributed by atoms with Gasteiger partial charge in [-0.25, -0.2) is 0 Å². The van der Waals surface area contributed by atoms with E-state index in [0.717, 1.165) is 25.9 Å². The quantitative estimate of drug-likeness (QED) is 0.618. The predicted molar refractivity (Wildman–Crippen MR) is 48.9 cm³/mol. The SMILES string of the molecule is C=CCN1CCCC1C(=O)NC. The van der Waals surface area contributed by atoms with E-state index in [0.29, 0.717) is 0 Å². The van der Waals surface area contributed by atoms with Crippen LogP contribution in [-0.4, -0.2) is 37.0 Å². The normalized spacial score (nSPS) is 23.9. The van der Waals surface area contributed by atoms with Gasteiger partial charge >= 0.3 is 0 Å². The topological polar surface area (TPSA) is 32.3 Å². The Morgan fingerprint density at radius 2 is 2.58 bits per heavy atom. The second-order valence-electron chi connectivity index (χ2n) is 3.06. The zero-order valence-corrected chi connectivity index (χ0v) is 7.55. The summed E-state index contributed by atoms with van der Waals surface area (Å²) in [5.41, 5.74) is 0. The Morgan fingerprint density at radius 1 is 1.83 bits per heavy atom. The number of nitrogens with zero attached hydrogens (tertiary/aromatic N) is 1. The molecule has 0 spiro atoms. The van der Waals surface area contributed by atoms with Crippen molar-refractivity contribution in [1.82, 2.24) is 10.2 Å². The third-order valence-electron chi connectivity index (χ3n) is 2.28. The Hall–Kier alpha value is -0.830. The molecule has 68 valence electrons. The molecule has 1 saturated heterocycles. The molecule has 0 aliphatic carbocycles. The highest BCUT2D eigenvalue weighted by atomic mass is 16.2. The molecular formula is C9H16N2O. The molecule has 0 aromatic rings. The summed E-state index contributed by atoms with van der Waals surface area (Å²) in [7, 11) is 1.69. The molecule has 1 heterocycles. The van der Waals surface area contributed by atoms with Crippen LogP contribution < -0.4 is 5.32 Å². The number of rotatable bonds is 3. The minimum atomic E-state index is 0.0769. The van der Waals surface area contributed by atoms with Crippen LogP contribution >= 0.6 is 0 Å². The lowest BCUT2D eigenvalue weighted by Crippen LogP contribution is -2.41. The summed E-state index contributed by atoms with van der Waals surface area (Å²) in [6, 6.07) is 0.0769. The summed E-state index contributed by atoms with van der Waals surface area (Å²) >= 11 is 0. The number of amides is 1. The number of nitrogens with one attached hydrogen (secondary N) is 1. The average molecular weight is 168 g/mol. The minimum absolute atomic E-state index is 0.0769. The lowest BCUT2D eigenvalue weighted by atomic mass is 10.2. The number of hydrogen-bond donors (Lipinski definition) is 1. The first-order valence-corrected chi connectivity index (χ1v) is 4.36. The van der Waals surface area contributed by atoms with Gasteiger partial charge in [0.05, 0.1) is 6.04 Å². The van der Waals surface area contributed by atoms with E-state index in [2.05, 4.69) is 16.8 Å². The summed E-state index contributed by atoms with van der Waals surface area (Å²) in [6.07, 6.45) is 3.95. The fourth-order valence-electron chi connectivity index (χ4n) is 1.67. The van der Waals surface area contributed by atoms with Gasteiger partial charge in [0, 0.05) is 13.6 Å². The van der Waals surface area contributed by atoms with E-state index in [4.69, 9.17) is 0 Å². The fourth-order valence-corrected chi connectivity index (χ4v) is 1.67. The number of carbonyl (C=O) groups excluding carboxylic acids is 1. The van der Waals surface area contributed by atoms with Crippen molar-refractivity contribution in [3.63, 3.8) is 0 Å². The minimum Gasteiger partial charge on any atom is -0.358 e. The first-order chi connectivity index (χ1) is 5.79. The van der Waals surface area contributed by atoms with E-state index in [1.54, 1.807) is 7.05 Å². The average Bonchev–Trinajstić information content (AvgIpc) is 2.52. The number of hydrogen-bond acceptors (Lipinski definition) is 2. The van der Waals surface area contributed by atoms with Gasteiger partial charge < -0.3 is 5.32 Å². The maximum Gasteiger partial charge on any atom is 0.237 e. The molecule has 0 saturated carbocycles. The number of carbonyl (C=O) groups is 1. The Balaban J connectivity index is 2.50. The summed E-state index contributed by atoms with van der Waals surface area (Å²) in [5, 5.41) is 2.68. The van der Waals surface area contributed by atoms with Crippen molar-refractivity contribution < 1.29 is 4.79 Å². The van der Waals surface area contributed by atoms with Gasteiger partial charge in [-0.1, -0.05) is 6.08 Å². The second-order valence-corrected chi connectivity index (χ2v) is 3.06. The molecule has 3 heteroatoms. The summed E-state index contributed by atoms with van der Waals surface area (Å²) < 4.78 is 0. The lowest BCUT2D eigenvalue weighted by Gasteiger charge is -2.20. The highest BCUT2D eigenvalue weighted by Crippen LogP contribution is 2.16. The summed E-state index contributed by atoms with van der Waals surface area (Å²) in [5.74, 6) is 0.134. The third-order valence-corrected chi connectivity index (χ3v) is 2.28. The largest absolute Gasteiger partial charge is 0.358 e. The molecule has 1 aliphatic heterocycles. The summed E-state index contributed by atoms with van der Waals surface area (Å²) in [6.45, 7) is 5.51. The van der Waals surface area contributed by atoms with Crippen molar-refractivity contribution in [3.8, 4) is 0 Å². The van der Waals surface area contributed by atoms with Crippen molar-refractivity contribution in [2.24, 2.45) is 0 Å². The van der Waals surface area contributed by atoms with Crippen molar-refractivity contribution in [2.75, 3.05) is 20.1 Å². The Labute approximate surface area is 73.4 Å². The first kappa shape index (κ1) is 9.26. The molecule has 1 unspecified atom stereocenters. The number of likely N-dealkylation sites (N-methyl/N-ethyl adjacent to an activating group) is 1. The molecule has 0 bridgehead atoms. The monoisotopic (exact) mass is 168 g/mol. The molecule has 1 aliphatic rings. The zero-order valence-electron chi connectivity index (χ0n) is 7.55. The van der Waals surface area contributed by atoms with Gasteiger partial charge in [0.2, 0.25) is 5.91 Å². The molecule has 1 amide bonds. The predicted octanol–water partition coefficient (Wildman–Crippen LogP) is 0.383. The Bertz CT molecular complexity index is 179. The van der Waals surface area contributed by atoms with Gasteiger partial charge in [-0.2, -0.15) is 0 Å². The molecule has 12 heavy (non-hydrogen) atoms. The smallest absolute Gasteiger partial charge is 0.237 e. The number of likely N-dealkylation sites (tertiary alicyclic amines) is 1. The van der Waals surface area contributed by atoms with Crippen LogP contribution in [0, 0.1) is 0 Å². The van der Waals surface area contributed by atoms with E-state index in [9.17, 15) is 4.79 Å². The van der Waals surface area contributed by atoms with Gasteiger partial charge in [0.1, 0.15) is 0 Å². The van der Waals surface area contributed by atoms with Crippen LogP contribution in [-0.2, 0) is 4.79 Å². The van der Waals surface area contributed by atoms with Gasteiger partial charge in [-0.15, -0.1) is 6.58 Å². The van der Waals surface area contributed by atoms with E-state index in [1.165, 1.54) is 0 Å². The van der Waals surface area contributed by atoms with E-state index in [-0.39, 0.29) is 11.9 Å². The van der Waals surface area contributed by atoms with Crippen LogP contribution in [0.1, 0.15) is 12.8 Å². The molecule has 0 aromatic carbocycles. The van der Waals surface area contributed by atoms with Crippen LogP contribution in [0.15, 0.2) is 12.7 Å². The summed E-state index contributed by atoms with van der Waals surface area (Å²) in [4.78, 5) is 13.5. The third kappa shape index (κ3) is 1.85. The fraction of sp³-hybridized carbons (Fsp3) is 0.667. The van der Waals surface area contributed by atoms with Crippen LogP contribution in [0.2, 0.25) is 0 Å². The molecule has 1 atom stereocenters. The maximum atomic E-state index is 11.3. The van der Waals surface area contributed by atoms with E-state index >= 15 is 0 Å². The van der Waals surface area contributed by atoms with Gasteiger partial charge in [-0.05, 0) is 19.4 Å². The molecule has 1 N–H and O–H groups in total. The maximum absolute atomic E-state index is 11.3. The van der Waals surface area contributed by atoms with Gasteiger partial charge in [0.15, 0.2) is 0 Å². The molecule has 0 radical (unpaired) electrons. The van der Waals surface area contributed by atoms with Crippen LogP contribution in [0.25, 0.3) is 0 Å². The molecule has 3 nitrogen and oxygen atoms in total. The van der Waals surface area contributed by atoms with Crippen molar-refractivity contribution in [1.29, 1.82) is 0 Å². The zero-order chi connectivity index (χ0) is 8.97. The van der Waals surface area contributed by atoms with Crippen LogP contribution in [0.5, 0.6) is 0 Å². The highest BCUT2D eigenvalue weighted by molar-refractivity contribution is 5.81. The van der Waals surface area contributed by atoms with Crippen molar-refractivity contribution in [2.45, 2.75) is 18.9 Å². The van der Waals surface area contributed by atoms with Crippen LogP contribution in [0.4, 0.5) is 0 Å². The van der Waals surface area contributed by atoms with E-state index in [1.807, 2.05) is 6.08 Å². The van der Waals surface area contributed by atoms with E-state index < -0.39 is 0 Å². The molecule has 1 fully saturated rings. The molecule has 1 rings (SSSR count). The lowest BCUT2D eigenvalue weighted by molar-refractivity contribution is -0.124. The Kier molecular flexibility index (Phi) is 3.29. The Morgan fingerprint density at radius 3 is 3.17 bits per heavy atom. The first-order valence-electron chi connectivity index (χ1n) is 4.36. The molecule has 0 aromatic heterocycles. The second kappa shape index (κ2) is 4.26. The van der Waals surface area contributed by atoms with Gasteiger partial charge in [-0.3, -0.25) is 9.69 Å².